The molecule has 0 aliphatic rings. The lowest BCUT2D eigenvalue weighted by Crippen LogP contribution is -2.34. The number of hydrogen-bond donors (Lipinski definition) is 2. The highest BCUT2D eigenvalue weighted by atomic mass is 35.5. The molecule has 2 amide bonds. The first kappa shape index (κ1) is 23.1. The van der Waals surface area contributed by atoms with Crippen LogP contribution in [-0.4, -0.2) is 34.9 Å². The summed E-state index contributed by atoms with van der Waals surface area (Å²) >= 11 is 17.0. The zero-order valence-electron chi connectivity index (χ0n) is 16.3. The molecular weight excluding hydrogens is 429 g/mol. The maximum absolute atomic E-state index is 12.6. The predicted molar refractivity (Wildman–Crippen MR) is 123 cm³/mol. The van der Waals surface area contributed by atoms with Gasteiger partial charge < -0.3 is 10.2 Å². The summed E-state index contributed by atoms with van der Waals surface area (Å²) in [5, 5.41) is 6.36. The molecule has 29 heavy (non-hydrogen) atoms. The van der Waals surface area contributed by atoms with Crippen molar-refractivity contribution in [2.75, 3.05) is 18.4 Å². The molecule has 0 saturated carbocycles. The van der Waals surface area contributed by atoms with Crippen LogP contribution in [-0.2, 0) is 0 Å². The third-order valence-corrected chi connectivity index (χ3v) is 4.66. The predicted octanol–water partition coefficient (Wildman–Crippen LogP) is 5.38. The van der Waals surface area contributed by atoms with E-state index in [2.05, 4.69) is 24.5 Å². The molecule has 0 unspecified atom stereocenters. The van der Waals surface area contributed by atoms with Gasteiger partial charge in [-0.1, -0.05) is 37.0 Å². The number of nitrogens with one attached hydrogen (secondary N) is 2. The summed E-state index contributed by atoms with van der Waals surface area (Å²) in [6.07, 6.45) is 1.83. The number of thiocarbonyl (C=S) groups is 1. The van der Waals surface area contributed by atoms with E-state index in [0.717, 1.165) is 25.9 Å². The molecule has 0 radical (unpaired) electrons. The molecular formula is C21H23Cl2N3O2S. The van der Waals surface area contributed by atoms with Gasteiger partial charge in [0.05, 0.1) is 0 Å². The van der Waals surface area contributed by atoms with Crippen molar-refractivity contribution in [3.8, 4) is 0 Å². The highest BCUT2D eigenvalue weighted by Gasteiger charge is 2.14. The highest BCUT2D eigenvalue weighted by Crippen LogP contribution is 2.19. The SMILES string of the molecule is CCCN(CCC)C(=O)c1ccc(NC(=S)NC(=O)c2cc(Cl)cc(Cl)c2)cc1. The van der Waals surface area contributed by atoms with Gasteiger partial charge in [0, 0.05) is 39.9 Å². The van der Waals surface area contributed by atoms with Gasteiger partial charge in [0.15, 0.2) is 5.11 Å². The lowest BCUT2D eigenvalue weighted by atomic mass is 10.1. The Bertz CT molecular complexity index is 862. The number of rotatable bonds is 7. The van der Waals surface area contributed by atoms with Crippen LogP contribution in [0.1, 0.15) is 47.4 Å². The molecule has 5 nitrogen and oxygen atoms in total. The molecule has 2 aromatic carbocycles. The highest BCUT2D eigenvalue weighted by molar-refractivity contribution is 7.80. The monoisotopic (exact) mass is 451 g/mol. The van der Waals surface area contributed by atoms with Gasteiger partial charge in [-0.05, 0) is 67.5 Å². The molecule has 0 bridgehead atoms. The van der Waals surface area contributed by atoms with Crippen molar-refractivity contribution in [1.29, 1.82) is 0 Å². The summed E-state index contributed by atoms with van der Waals surface area (Å²) in [4.78, 5) is 26.8. The van der Waals surface area contributed by atoms with Gasteiger partial charge >= 0.3 is 0 Å². The van der Waals surface area contributed by atoms with Gasteiger partial charge in [-0.15, -0.1) is 0 Å². The van der Waals surface area contributed by atoms with E-state index in [9.17, 15) is 9.59 Å². The molecule has 2 N–H and O–H groups in total. The van der Waals surface area contributed by atoms with E-state index in [4.69, 9.17) is 35.4 Å². The van der Waals surface area contributed by atoms with Gasteiger partial charge in [-0.25, -0.2) is 0 Å². The first-order valence-corrected chi connectivity index (χ1v) is 10.5. The molecule has 0 aromatic heterocycles. The van der Waals surface area contributed by atoms with Crippen LogP contribution in [0.15, 0.2) is 42.5 Å². The second-order valence-corrected chi connectivity index (χ2v) is 7.72. The molecule has 154 valence electrons. The van der Waals surface area contributed by atoms with E-state index in [-0.39, 0.29) is 11.0 Å². The van der Waals surface area contributed by atoms with Crippen LogP contribution in [0.5, 0.6) is 0 Å². The lowest BCUT2D eigenvalue weighted by molar-refractivity contribution is 0.0755. The fourth-order valence-corrected chi connectivity index (χ4v) is 3.49. The summed E-state index contributed by atoms with van der Waals surface area (Å²) in [7, 11) is 0. The maximum Gasteiger partial charge on any atom is 0.257 e. The van der Waals surface area contributed by atoms with Crippen LogP contribution in [0, 0.1) is 0 Å². The number of nitrogens with zero attached hydrogens (tertiary/aromatic N) is 1. The molecule has 0 saturated heterocycles. The number of amides is 2. The molecule has 8 heteroatoms. The molecule has 0 atom stereocenters. The minimum atomic E-state index is -0.423. The summed E-state index contributed by atoms with van der Waals surface area (Å²) < 4.78 is 0. The van der Waals surface area contributed by atoms with Gasteiger partial charge in [-0.3, -0.25) is 14.9 Å². The molecule has 0 heterocycles. The second-order valence-electron chi connectivity index (χ2n) is 6.44. The fourth-order valence-electron chi connectivity index (χ4n) is 2.76. The van der Waals surface area contributed by atoms with Gasteiger partial charge in [0.1, 0.15) is 0 Å². The van der Waals surface area contributed by atoms with Crippen LogP contribution in [0.25, 0.3) is 0 Å². The third kappa shape index (κ3) is 6.99. The Balaban J connectivity index is 1.99. The Morgan fingerprint density at radius 3 is 2.00 bits per heavy atom. The first-order valence-electron chi connectivity index (χ1n) is 9.31. The number of carbonyl (C=O) groups is 2. The van der Waals surface area contributed by atoms with Crippen molar-refractivity contribution >= 4 is 58.0 Å². The second kappa shape index (κ2) is 11.1. The topological polar surface area (TPSA) is 61.4 Å². The first-order chi connectivity index (χ1) is 13.8. The summed E-state index contributed by atoms with van der Waals surface area (Å²) in [6.45, 7) is 5.57. The standard InChI is InChI=1S/C21H23Cl2N3O2S/c1-3-9-26(10-4-2)20(28)14-5-7-18(8-6-14)24-21(29)25-19(27)15-11-16(22)13-17(23)12-15/h5-8,11-13H,3-4,9-10H2,1-2H3,(H2,24,25,27,29). The third-order valence-electron chi connectivity index (χ3n) is 4.02. The fraction of sp³-hybridized carbons (Fsp3) is 0.286. The minimum absolute atomic E-state index is 0.00830. The molecule has 0 spiro atoms. The van der Waals surface area contributed by atoms with Crippen LogP contribution >= 0.6 is 35.4 Å². The Hall–Kier alpha value is -2.15. The van der Waals surface area contributed by atoms with Crippen LogP contribution in [0.2, 0.25) is 10.0 Å². The smallest absolute Gasteiger partial charge is 0.257 e. The Labute approximate surface area is 186 Å². The molecule has 0 fully saturated rings. The largest absolute Gasteiger partial charge is 0.339 e. The molecule has 0 aliphatic carbocycles. The Morgan fingerprint density at radius 1 is 0.931 bits per heavy atom. The number of anilines is 1. The van der Waals surface area contributed by atoms with Crippen molar-refractivity contribution < 1.29 is 9.59 Å². The molecule has 0 aliphatic heterocycles. The van der Waals surface area contributed by atoms with E-state index in [0.29, 0.717) is 26.9 Å². The normalized spacial score (nSPS) is 10.3. The number of hydrogen-bond acceptors (Lipinski definition) is 3. The van der Waals surface area contributed by atoms with Gasteiger partial charge in [0.2, 0.25) is 0 Å². The minimum Gasteiger partial charge on any atom is -0.339 e. The van der Waals surface area contributed by atoms with E-state index < -0.39 is 5.91 Å². The van der Waals surface area contributed by atoms with E-state index >= 15 is 0 Å². The lowest BCUT2D eigenvalue weighted by Gasteiger charge is -2.21. The zero-order chi connectivity index (χ0) is 21.4. The van der Waals surface area contributed by atoms with E-state index in [1.807, 2.05) is 4.90 Å². The van der Waals surface area contributed by atoms with Gasteiger partial charge in [0.25, 0.3) is 11.8 Å². The van der Waals surface area contributed by atoms with Crippen molar-refractivity contribution in [3.05, 3.63) is 63.6 Å². The zero-order valence-corrected chi connectivity index (χ0v) is 18.6. The van der Waals surface area contributed by atoms with Crippen LogP contribution < -0.4 is 10.6 Å². The van der Waals surface area contributed by atoms with Crippen LogP contribution in [0.3, 0.4) is 0 Å². The van der Waals surface area contributed by atoms with Crippen molar-refractivity contribution in [2.24, 2.45) is 0 Å². The van der Waals surface area contributed by atoms with Crippen molar-refractivity contribution in [2.45, 2.75) is 26.7 Å². The van der Waals surface area contributed by atoms with E-state index in [1.165, 1.54) is 12.1 Å². The van der Waals surface area contributed by atoms with Crippen LogP contribution in [0.4, 0.5) is 5.69 Å². The maximum atomic E-state index is 12.6. The van der Waals surface area contributed by atoms with Crippen molar-refractivity contribution in [3.63, 3.8) is 0 Å². The Kier molecular flexibility index (Phi) is 8.89. The summed E-state index contributed by atoms with van der Waals surface area (Å²) in [5.41, 5.74) is 1.58. The number of carbonyl (C=O) groups excluding carboxylic acids is 2. The quantitative estimate of drug-likeness (QED) is 0.554. The molecule has 2 aromatic rings. The summed E-state index contributed by atoms with van der Waals surface area (Å²) in [5.74, 6) is -0.414. The molecule has 2 rings (SSSR count). The average Bonchev–Trinajstić information content (AvgIpc) is 2.67. The van der Waals surface area contributed by atoms with Crippen molar-refractivity contribution in [1.82, 2.24) is 10.2 Å². The summed E-state index contributed by atoms with van der Waals surface area (Å²) in [6, 6.07) is 11.5. The Morgan fingerprint density at radius 2 is 1.48 bits per heavy atom. The average molecular weight is 452 g/mol. The number of halogens is 2. The van der Waals surface area contributed by atoms with E-state index in [1.54, 1.807) is 30.3 Å². The number of benzene rings is 2. The van der Waals surface area contributed by atoms with Gasteiger partial charge in [-0.2, -0.15) is 0 Å².